The maximum absolute atomic E-state index is 11.4. The van der Waals surface area contributed by atoms with E-state index in [4.69, 9.17) is 0 Å². The number of carboxylic acids is 5. The molecule has 10 aromatic rings. The van der Waals surface area contributed by atoms with Crippen LogP contribution >= 0.6 is 0 Å². The maximum Gasteiger partial charge on any atom is 0.306 e. The molecule has 10 aromatic carbocycles. The lowest BCUT2D eigenvalue weighted by atomic mass is 9.89. The van der Waals surface area contributed by atoms with E-state index in [0.29, 0.717) is 81.0 Å². The molecule has 5 atom stereocenters. The fourth-order valence-electron chi connectivity index (χ4n) is 13.1. The first kappa shape index (κ1) is 83.5. The fourth-order valence-corrected chi connectivity index (χ4v) is 13.1. The number of hydrogen-bond acceptors (Lipinski definition) is 5. The Balaban J connectivity index is 0.000000206. The first-order chi connectivity index (χ1) is 50.3. The molecule has 0 aliphatic carbocycles. The van der Waals surface area contributed by atoms with Crippen molar-refractivity contribution in [2.45, 2.75) is 133 Å². The average Bonchev–Trinajstić information content (AvgIpc) is 0.535. The molecule has 0 amide bonds. The second kappa shape index (κ2) is 44.3. The lowest BCUT2D eigenvalue weighted by molar-refractivity contribution is -0.143. The number of rotatable bonds is 30. The molecule has 10 nitrogen and oxygen atoms in total. The Morgan fingerprint density at radius 2 is 0.552 bits per heavy atom. The molecule has 0 saturated heterocycles. The highest BCUT2D eigenvalue weighted by molar-refractivity contribution is 5.87. The smallest absolute Gasteiger partial charge is 0.306 e. The van der Waals surface area contributed by atoms with E-state index >= 15 is 0 Å². The molecule has 0 heterocycles. The summed E-state index contributed by atoms with van der Waals surface area (Å²) in [7, 11) is 0. The van der Waals surface area contributed by atoms with Crippen molar-refractivity contribution in [3.8, 4) is 11.1 Å². The normalized spacial score (nSPS) is 12.6. The van der Waals surface area contributed by atoms with E-state index < -0.39 is 29.8 Å². The summed E-state index contributed by atoms with van der Waals surface area (Å²) in [4.78, 5) is 56.9. The van der Waals surface area contributed by atoms with Crippen LogP contribution in [0.2, 0.25) is 0 Å². The van der Waals surface area contributed by atoms with Crippen molar-refractivity contribution in [1.82, 2.24) is 0 Å². The Morgan fingerprint density at radius 3 is 0.962 bits per heavy atom. The number of benzene rings is 10. The molecule has 5 N–H and O–H groups in total. The number of carbonyl (C=O) groups is 5. The summed E-state index contributed by atoms with van der Waals surface area (Å²) >= 11 is 0. The standard InChI is InChI=1S/2C21H24O2.C19H22O2.2C17H20O2/c2*1-16(2)13-20(21(22)23)15-19-10-6-9-18(14-19)12-11-17-7-4-3-5-8-17;1-14(2)11-18(19(20)21)13-15-7-6-10-17(12-15)16-8-4-3-5-9-16;1-12(2)10-15(17(18)19)11-14-8-5-7-13-6-3-4-9-16(13)14;1-12(2)9-16(17(18)19)11-13-7-8-14-5-3-4-6-15(14)10-13/h2*3-12,14,16,20H,13,15H2,1-2H3,(H,22,23);3-10,12,14,18H,11,13H2,1-2H3,(H,20,21);3-9,12,15H,10-11H2,1-2H3,(H,18,19);3-8,10,12,16H,9,11H2,1-2H3,(H,18,19)/b12-11+;12-11-;;;. The van der Waals surface area contributed by atoms with Gasteiger partial charge in [-0.25, -0.2) is 0 Å². The van der Waals surface area contributed by atoms with Crippen LogP contribution in [-0.2, 0) is 56.1 Å². The van der Waals surface area contributed by atoms with E-state index in [-0.39, 0.29) is 29.6 Å². The molecular weight excluding hydrogens is 1300 g/mol. The summed E-state index contributed by atoms with van der Waals surface area (Å²) in [5.41, 5.74) is 12.3. The zero-order valence-corrected chi connectivity index (χ0v) is 63.1. The topological polar surface area (TPSA) is 186 Å². The third kappa shape index (κ3) is 31.2. The summed E-state index contributed by atoms with van der Waals surface area (Å²) in [6.07, 6.45) is 14.8. The van der Waals surface area contributed by atoms with E-state index in [1.807, 2.05) is 146 Å². The van der Waals surface area contributed by atoms with E-state index in [1.165, 1.54) is 21.5 Å². The van der Waals surface area contributed by atoms with Gasteiger partial charge in [0.25, 0.3) is 0 Å². The highest BCUT2D eigenvalue weighted by atomic mass is 16.4. The maximum atomic E-state index is 11.4. The van der Waals surface area contributed by atoms with Gasteiger partial charge in [-0.15, -0.1) is 0 Å². The molecule has 0 spiro atoms. The van der Waals surface area contributed by atoms with Crippen molar-refractivity contribution in [1.29, 1.82) is 0 Å². The van der Waals surface area contributed by atoms with Crippen molar-refractivity contribution < 1.29 is 49.5 Å². The Labute approximate surface area is 624 Å². The monoisotopic (exact) mass is 1410 g/mol. The van der Waals surface area contributed by atoms with Gasteiger partial charge in [-0.05, 0) is 177 Å². The Morgan fingerprint density at radius 1 is 0.257 bits per heavy atom. The van der Waals surface area contributed by atoms with E-state index in [0.717, 1.165) is 74.0 Å². The summed E-state index contributed by atoms with van der Waals surface area (Å²) in [6, 6.07) is 83.5. The van der Waals surface area contributed by atoms with Gasteiger partial charge < -0.3 is 25.5 Å². The molecule has 105 heavy (non-hydrogen) atoms. The predicted molar refractivity (Wildman–Crippen MR) is 435 cm³/mol. The van der Waals surface area contributed by atoms with Crippen molar-refractivity contribution in [3.63, 3.8) is 0 Å². The Hall–Kier alpha value is -10.5. The second-order valence-electron chi connectivity index (χ2n) is 29.7. The molecule has 0 radical (unpaired) electrons. The first-order valence-electron chi connectivity index (χ1n) is 37.2. The third-order valence-corrected chi connectivity index (χ3v) is 18.1. The molecule has 5 unspecified atom stereocenters. The van der Waals surface area contributed by atoms with Gasteiger partial charge >= 0.3 is 29.8 Å². The van der Waals surface area contributed by atoms with Crippen molar-refractivity contribution in [3.05, 3.63) is 299 Å². The quantitative estimate of drug-likeness (QED) is 0.0271. The van der Waals surface area contributed by atoms with Crippen LogP contribution in [0, 0.1) is 59.2 Å². The van der Waals surface area contributed by atoms with Gasteiger partial charge in [-0.1, -0.05) is 342 Å². The molecule has 0 aliphatic heterocycles. The fraction of sp³-hybridized carbons (Fsp3) is 0.316. The third-order valence-electron chi connectivity index (χ3n) is 18.1. The van der Waals surface area contributed by atoms with Crippen LogP contribution in [0.5, 0.6) is 0 Å². The molecule has 10 rings (SSSR count). The SMILES string of the molecule is CC(C)CC(Cc1ccc2ccccc2c1)C(=O)O.CC(C)CC(Cc1cccc(-c2ccccc2)c1)C(=O)O.CC(C)CC(Cc1cccc(/C=C/c2ccccc2)c1)C(=O)O.CC(C)CC(Cc1cccc(/C=C\c2ccccc2)c1)C(=O)O.CC(C)CC(Cc1cccc2ccccc12)C(=O)O. The molecule has 550 valence electrons. The molecule has 10 heteroatoms. The van der Waals surface area contributed by atoms with Gasteiger partial charge in [0, 0.05) is 0 Å². The first-order valence-corrected chi connectivity index (χ1v) is 37.2. The van der Waals surface area contributed by atoms with E-state index in [9.17, 15) is 49.5 Å². The molecule has 0 aliphatic rings. The van der Waals surface area contributed by atoms with E-state index in [1.54, 1.807) is 0 Å². The van der Waals surface area contributed by atoms with Crippen LogP contribution in [0.25, 0.3) is 57.0 Å². The zero-order valence-electron chi connectivity index (χ0n) is 63.1. The molecule has 0 fully saturated rings. The molecular formula is C95H110O10. The number of aliphatic carboxylic acids is 5. The van der Waals surface area contributed by atoms with Crippen LogP contribution in [0.1, 0.15) is 151 Å². The predicted octanol–water partition coefficient (Wildman–Crippen LogP) is 23.2. The van der Waals surface area contributed by atoms with Crippen LogP contribution in [0.4, 0.5) is 0 Å². The van der Waals surface area contributed by atoms with Gasteiger partial charge in [0.2, 0.25) is 0 Å². The van der Waals surface area contributed by atoms with Crippen LogP contribution < -0.4 is 0 Å². The molecule has 0 aromatic heterocycles. The largest absolute Gasteiger partial charge is 0.481 e. The number of fused-ring (bicyclic) bond motifs is 2. The van der Waals surface area contributed by atoms with Crippen molar-refractivity contribution >= 4 is 75.7 Å². The number of hydrogen-bond donors (Lipinski definition) is 5. The van der Waals surface area contributed by atoms with Crippen LogP contribution in [0.15, 0.2) is 249 Å². The minimum absolute atomic E-state index is 0.291. The van der Waals surface area contributed by atoms with Gasteiger partial charge in [0.15, 0.2) is 0 Å². The highest BCUT2D eigenvalue weighted by Gasteiger charge is 2.24. The lowest BCUT2D eigenvalue weighted by Crippen LogP contribution is -2.18. The van der Waals surface area contributed by atoms with Gasteiger partial charge in [0.05, 0.1) is 29.6 Å². The van der Waals surface area contributed by atoms with E-state index in [2.05, 4.69) is 197 Å². The van der Waals surface area contributed by atoms with Crippen LogP contribution in [0.3, 0.4) is 0 Å². The number of carboxylic acid groups (broad SMARTS) is 5. The average molecular weight is 1410 g/mol. The molecule has 0 bridgehead atoms. The van der Waals surface area contributed by atoms with Gasteiger partial charge in [-0.2, -0.15) is 0 Å². The highest BCUT2D eigenvalue weighted by Crippen LogP contribution is 2.28. The van der Waals surface area contributed by atoms with Crippen LogP contribution in [-0.4, -0.2) is 55.4 Å². The second-order valence-corrected chi connectivity index (χ2v) is 29.7. The Bertz CT molecular complexity index is 4210. The minimum atomic E-state index is -0.705. The summed E-state index contributed by atoms with van der Waals surface area (Å²) in [6.45, 7) is 20.7. The Kier molecular flexibility index (Phi) is 35.2. The van der Waals surface area contributed by atoms with Crippen molar-refractivity contribution in [2.75, 3.05) is 0 Å². The summed E-state index contributed by atoms with van der Waals surface area (Å²) < 4.78 is 0. The summed E-state index contributed by atoms with van der Waals surface area (Å²) in [5, 5.41) is 51.5. The summed E-state index contributed by atoms with van der Waals surface area (Å²) in [5.74, 6) is -3.06. The zero-order chi connectivity index (χ0) is 76.2. The van der Waals surface area contributed by atoms with Gasteiger partial charge in [0.1, 0.15) is 0 Å². The minimum Gasteiger partial charge on any atom is -0.481 e. The van der Waals surface area contributed by atoms with Crippen molar-refractivity contribution in [2.24, 2.45) is 59.2 Å². The lowest BCUT2D eigenvalue weighted by Gasteiger charge is -2.16. The van der Waals surface area contributed by atoms with Gasteiger partial charge in [-0.3, -0.25) is 24.0 Å². The molecule has 0 saturated carbocycles.